The van der Waals surface area contributed by atoms with Crippen LogP contribution in [0.4, 0.5) is 13.2 Å². The van der Waals surface area contributed by atoms with Crippen molar-refractivity contribution in [1.82, 2.24) is 5.32 Å². The Labute approximate surface area is 148 Å². The molecule has 1 unspecified atom stereocenters. The molecule has 2 aromatic rings. The quantitative estimate of drug-likeness (QED) is 0.824. The Morgan fingerprint density at radius 2 is 1.85 bits per heavy atom. The largest absolute Gasteiger partial charge is 0.484 e. The number of hydrogen-bond donors (Lipinski definition) is 2. The van der Waals surface area contributed by atoms with E-state index in [2.05, 4.69) is 5.32 Å². The number of benzene rings is 2. The van der Waals surface area contributed by atoms with E-state index in [0.717, 1.165) is 12.1 Å². The van der Waals surface area contributed by atoms with Crippen molar-refractivity contribution in [1.29, 1.82) is 0 Å². The summed E-state index contributed by atoms with van der Waals surface area (Å²) in [5, 5.41) is 2.63. The normalized spacial score (nSPS) is 12.3. The molecule has 0 heterocycles. The van der Waals surface area contributed by atoms with Crippen LogP contribution in [0.3, 0.4) is 0 Å². The SMILES string of the molecule is CC(NC(=O)c1cccc(OCC(N)=O)c1)c1cccc(C(F)(F)F)c1. The molecule has 0 spiro atoms. The topological polar surface area (TPSA) is 81.4 Å². The maximum atomic E-state index is 12.8. The van der Waals surface area contributed by atoms with Crippen LogP contribution in [0, 0.1) is 0 Å². The summed E-state index contributed by atoms with van der Waals surface area (Å²) in [5.41, 5.74) is 4.78. The number of nitrogens with two attached hydrogens (primary N) is 1. The van der Waals surface area contributed by atoms with E-state index in [1.165, 1.54) is 24.3 Å². The number of rotatable bonds is 6. The minimum absolute atomic E-state index is 0.241. The molecule has 2 amide bonds. The summed E-state index contributed by atoms with van der Waals surface area (Å²) in [6.07, 6.45) is -4.45. The number of ether oxygens (including phenoxy) is 1. The number of carbonyl (C=O) groups excluding carboxylic acids is 2. The number of hydrogen-bond acceptors (Lipinski definition) is 3. The van der Waals surface area contributed by atoms with Gasteiger partial charge in [0.15, 0.2) is 6.61 Å². The van der Waals surface area contributed by atoms with E-state index in [1.807, 2.05) is 0 Å². The molecular formula is C18H17F3N2O3. The predicted octanol–water partition coefficient (Wildman–Crippen LogP) is 3.06. The van der Waals surface area contributed by atoms with Crippen LogP contribution in [0.15, 0.2) is 48.5 Å². The van der Waals surface area contributed by atoms with Gasteiger partial charge in [0.25, 0.3) is 11.8 Å². The molecule has 3 N–H and O–H groups in total. The molecule has 2 rings (SSSR count). The second-order valence-electron chi connectivity index (χ2n) is 5.60. The Kier molecular flexibility index (Phi) is 5.86. The third-order valence-corrected chi connectivity index (χ3v) is 3.54. The zero-order chi connectivity index (χ0) is 19.3. The summed E-state index contributed by atoms with van der Waals surface area (Å²) in [7, 11) is 0. The van der Waals surface area contributed by atoms with E-state index in [4.69, 9.17) is 10.5 Å². The lowest BCUT2D eigenvalue weighted by molar-refractivity contribution is -0.137. The fourth-order valence-corrected chi connectivity index (χ4v) is 2.23. The molecule has 0 fully saturated rings. The molecule has 0 aliphatic rings. The highest BCUT2D eigenvalue weighted by molar-refractivity contribution is 5.94. The van der Waals surface area contributed by atoms with Gasteiger partial charge in [-0.05, 0) is 42.8 Å². The minimum Gasteiger partial charge on any atom is -0.484 e. The molecule has 0 saturated carbocycles. The van der Waals surface area contributed by atoms with Gasteiger partial charge in [0.1, 0.15) is 5.75 Å². The van der Waals surface area contributed by atoms with Gasteiger partial charge in [-0.2, -0.15) is 13.2 Å². The lowest BCUT2D eigenvalue weighted by Crippen LogP contribution is -2.27. The van der Waals surface area contributed by atoms with Crippen molar-refractivity contribution in [2.24, 2.45) is 5.73 Å². The van der Waals surface area contributed by atoms with Gasteiger partial charge in [0.2, 0.25) is 0 Å². The van der Waals surface area contributed by atoms with Crippen molar-refractivity contribution in [2.75, 3.05) is 6.61 Å². The summed E-state index contributed by atoms with van der Waals surface area (Å²) < 4.78 is 43.5. The maximum Gasteiger partial charge on any atom is 0.416 e. The fourth-order valence-electron chi connectivity index (χ4n) is 2.23. The number of amides is 2. The highest BCUT2D eigenvalue weighted by atomic mass is 19.4. The van der Waals surface area contributed by atoms with E-state index >= 15 is 0 Å². The number of halogens is 3. The second kappa shape index (κ2) is 7.90. The highest BCUT2D eigenvalue weighted by Crippen LogP contribution is 2.30. The summed E-state index contributed by atoms with van der Waals surface area (Å²) in [6, 6.07) is 10.2. The first-order valence-corrected chi connectivity index (χ1v) is 7.66. The van der Waals surface area contributed by atoms with Crippen molar-refractivity contribution in [3.63, 3.8) is 0 Å². The molecule has 138 valence electrons. The minimum atomic E-state index is -4.45. The van der Waals surface area contributed by atoms with Crippen LogP contribution < -0.4 is 15.8 Å². The van der Waals surface area contributed by atoms with Crippen LogP contribution in [0.5, 0.6) is 5.75 Å². The fraction of sp³-hybridized carbons (Fsp3) is 0.222. The second-order valence-corrected chi connectivity index (χ2v) is 5.60. The molecule has 0 aromatic heterocycles. The van der Waals surface area contributed by atoms with Crippen LogP contribution in [0.25, 0.3) is 0 Å². The number of alkyl halides is 3. The molecule has 0 aliphatic heterocycles. The van der Waals surface area contributed by atoms with Crippen LogP contribution in [-0.4, -0.2) is 18.4 Å². The predicted molar refractivity (Wildman–Crippen MR) is 88.5 cm³/mol. The Balaban J connectivity index is 2.10. The van der Waals surface area contributed by atoms with Gasteiger partial charge >= 0.3 is 6.18 Å². The Morgan fingerprint density at radius 3 is 2.50 bits per heavy atom. The maximum absolute atomic E-state index is 12.8. The Hall–Kier alpha value is -3.03. The molecule has 0 radical (unpaired) electrons. The van der Waals surface area contributed by atoms with E-state index < -0.39 is 29.6 Å². The first-order valence-electron chi connectivity index (χ1n) is 7.66. The standard InChI is InChI=1S/C18H17F3N2O3/c1-11(12-4-2-6-14(8-12)18(19,20)21)23-17(25)13-5-3-7-15(9-13)26-10-16(22)24/h2-9,11H,10H2,1H3,(H2,22,24)(H,23,25). The van der Waals surface area contributed by atoms with Gasteiger partial charge < -0.3 is 15.8 Å². The number of nitrogens with one attached hydrogen (secondary N) is 1. The molecule has 1 atom stereocenters. The molecule has 8 heteroatoms. The molecule has 0 saturated heterocycles. The average Bonchev–Trinajstić information content (AvgIpc) is 2.59. The Morgan fingerprint density at radius 1 is 1.15 bits per heavy atom. The van der Waals surface area contributed by atoms with Gasteiger partial charge in [0.05, 0.1) is 11.6 Å². The summed E-state index contributed by atoms with van der Waals surface area (Å²) >= 11 is 0. The van der Waals surface area contributed by atoms with Crippen molar-refractivity contribution in [2.45, 2.75) is 19.1 Å². The zero-order valence-electron chi connectivity index (χ0n) is 13.8. The summed E-state index contributed by atoms with van der Waals surface area (Å²) in [5.74, 6) is -0.861. The lowest BCUT2D eigenvalue weighted by atomic mass is 10.0. The summed E-state index contributed by atoms with van der Waals surface area (Å²) in [4.78, 5) is 23.0. The smallest absolute Gasteiger partial charge is 0.416 e. The lowest BCUT2D eigenvalue weighted by Gasteiger charge is -2.16. The highest BCUT2D eigenvalue weighted by Gasteiger charge is 2.30. The van der Waals surface area contributed by atoms with Crippen LogP contribution in [0.2, 0.25) is 0 Å². The van der Waals surface area contributed by atoms with Crippen molar-refractivity contribution in [3.05, 3.63) is 65.2 Å². The van der Waals surface area contributed by atoms with E-state index in [0.29, 0.717) is 5.56 Å². The van der Waals surface area contributed by atoms with Gasteiger partial charge in [-0.3, -0.25) is 9.59 Å². The molecule has 26 heavy (non-hydrogen) atoms. The van der Waals surface area contributed by atoms with E-state index in [9.17, 15) is 22.8 Å². The first-order chi connectivity index (χ1) is 12.2. The van der Waals surface area contributed by atoms with Gasteiger partial charge in [-0.25, -0.2) is 0 Å². The Bertz CT molecular complexity index is 806. The number of primary amides is 1. The number of carbonyl (C=O) groups is 2. The molecule has 0 aliphatic carbocycles. The third kappa shape index (κ3) is 5.23. The average molecular weight is 366 g/mol. The van der Waals surface area contributed by atoms with Crippen LogP contribution in [-0.2, 0) is 11.0 Å². The van der Waals surface area contributed by atoms with Gasteiger partial charge in [-0.1, -0.05) is 18.2 Å². The van der Waals surface area contributed by atoms with E-state index in [-0.39, 0.29) is 17.9 Å². The third-order valence-electron chi connectivity index (χ3n) is 3.54. The molecule has 0 bridgehead atoms. The van der Waals surface area contributed by atoms with Crippen LogP contribution in [0.1, 0.15) is 34.5 Å². The van der Waals surface area contributed by atoms with Crippen molar-refractivity contribution >= 4 is 11.8 Å². The van der Waals surface area contributed by atoms with E-state index in [1.54, 1.807) is 19.1 Å². The zero-order valence-corrected chi connectivity index (χ0v) is 13.8. The van der Waals surface area contributed by atoms with Gasteiger partial charge in [-0.15, -0.1) is 0 Å². The first kappa shape index (κ1) is 19.3. The van der Waals surface area contributed by atoms with Gasteiger partial charge in [0, 0.05) is 5.56 Å². The summed E-state index contributed by atoms with van der Waals surface area (Å²) in [6.45, 7) is 1.26. The monoisotopic (exact) mass is 366 g/mol. The van der Waals surface area contributed by atoms with Crippen LogP contribution >= 0.6 is 0 Å². The molecule has 2 aromatic carbocycles. The molecular weight excluding hydrogens is 349 g/mol. The van der Waals surface area contributed by atoms with Crippen molar-refractivity contribution < 1.29 is 27.5 Å². The molecule has 5 nitrogen and oxygen atoms in total. The van der Waals surface area contributed by atoms with Crippen molar-refractivity contribution in [3.8, 4) is 5.75 Å².